The van der Waals surface area contributed by atoms with Crippen LogP contribution >= 0.6 is 0 Å². The maximum atomic E-state index is 13.1. The predicted octanol–water partition coefficient (Wildman–Crippen LogP) is 3.85. The highest BCUT2D eigenvalue weighted by Crippen LogP contribution is 2.35. The first-order valence-electron chi connectivity index (χ1n) is 7.83. The fourth-order valence-electron chi connectivity index (χ4n) is 2.88. The summed E-state index contributed by atoms with van der Waals surface area (Å²) in [5.41, 5.74) is 11.8. The highest BCUT2D eigenvalue weighted by molar-refractivity contribution is 5.64. The van der Waals surface area contributed by atoms with Crippen molar-refractivity contribution in [2.75, 3.05) is 10.7 Å². The first-order chi connectivity index (χ1) is 11.8. The molecule has 0 saturated heterocycles. The number of aromatic nitrogens is 1. The largest absolute Gasteiger partial charge is 0.381 e. The average Bonchev–Trinajstić information content (AvgIpc) is 3.05. The number of rotatable bonds is 4. The van der Waals surface area contributed by atoms with Crippen LogP contribution in [0.4, 0.5) is 15.8 Å². The molecular weight excluding hydrogens is 303 g/mol. The zero-order valence-corrected chi connectivity index (χ0v) is 13.0. The Morgan fingerprint density at radius 1 is 1.08 bits per heavy atom. The number of nitrogens with zero attached hydrogens (tertiary/aromatic N) is 1. The molecule has 1 unspecified atom stereocenters. The summed E-state index contributed by atoms with van der Waals surface area (Å²) in [4.78, 5) is 4.12. The Labute approximate surface area is 139 Å². The molecule has 120 valence electrons. The zero-order valence-electron chi connectivity index (χ0n) is 13.0. The summed E-state index contributed by atoms with van der Waals surface area (Å²) in [6, 6.07) is 16.7. The van der Waals surface area contributed by atoms with Gasteiger partial charge in [-0.25, -0.2) is 9.82 Å². The van der Waals surface area contributed by atoms with Gasteiger partial charge in [0.25, 0.3) is 0 Å². The fourth-order valence-corrected chi connectivity index (χ4v) is 2.88. The molecule has 2 aromatic carbocycles. The summed E-state index contributed by atoms with van der Waals surface area (Å²) in [5, 5.41) is 3.42. The number of benzene rings is 2. The minimum atomic E-state index is -0.225. The van der Waals surface area contributed by atoms with Crippen molar-refractivity contribution in [3.05, 3.63) is 89.5 Å². The minimum absolute atomic E-state index is 0.000687. The highest BCUT2D eigenvalue weighted by atomic mass is 19.1. The molecule has 0 radical (unpaired) electrons. The summed E-state index contributed by atoms with van der Waals surface area (Å²) >= 11 is 0. The number of hydrogen-bond donors (Lipinski definition) is 3. The second-order valence-corrected chi connectivity index (χ2v) is 5.77. The third-order valence-corrected chi connectivity index (χ3v) is 4.14. The van der Waals surface area contributed by atoms with Gasteiger partial charge in [-0.15, -0.1) is 0 Å². The topological polar surface area (TPSA) is 49.0 Å². The molecule has 4 nitrogen and oxygen atoms in total. The number of hydrogen-bond acceptors (Lipinski definition) is 4. The van der Waals surface area contributed by atoms with E-state index in [1.54, 1.807) is 18.3 Å². The van der Waals surface area contributed by atoms with Crippen LogP contribution in [0.15, 0.2) is 67.0 Å². The molecule has 3 aromatic rings. The van der Waals surface area contributed by atoms with Crippen LogP contribution in [0, 0.1) is 5.82 Å². The van der Waals surface area contributed by atoms with Gasteiger partial charge >= 0.3 is 0 Å². The van der Waals surface area contributed by atoms with Crippen molar-refractivity contribution >= 4 is 11.4 Å². The normalized spacial score (nSPS) is 15.6. The second-order valence-electron chi connectivity index (χ2n) is 5.77. The lowest BCUT2D eigenvalue weighted by Gasteiger charge is -2.13. The third-order valence-electron chi connectivity index (χ3n) is 4.14. The lowest BCUT2D eigenvalue weighted by atomic mass is 9.99. The van der Waals surface area contributed by atoms with Gasteiger partial charge in [-0.1, -0.05) is 18.2 Å². The fraction of sp³-hybridized carbons (Fsp3) is 0.105. The van der Waals surface area contributed by atoms with Gasteiger partial charge in [-0.3, -0.25) is 4.98 Å². The number of halogens is 1. The van der Waals surface area contributed by atoms with Crippen LogP contribution in [-0.4, -0.2) is 4.98 Å². The first kappa shape index (κ1) is 14.7. The van der Waals surface area contributed by atoms with Gasteiger partial charge in [0, 0.05) is 30.2 Å². The van der Waals surface area contributed by atoms with Crippen LogP contribution in [-0.2, 0) is 6.54 Å². The predicted molar refractivity (Wildman–Crippen MR) is 93.0 cm³/mol. The van der Waals surface area contributed by atoms with E-state index < -0.39 is 0 Å². The van der Waals surface area contributed by atoms with Gasteiger partial charge in [-0.2, -0.15) is 0 Å². The van der Waals surface area contributed by atoms with E-state index in [4.69, 9.17) is 0 Å². The van der Waals surface area contributed by atoms with Gasteiger partial charge in [0.1, 0.15) is 5.82 Å². The van der Waals surface area contributed by atoms with Gasteiger partial charge in [-0.05, 0) is 47.5 Å². The van der Waals surface area contributed by atoms with E-state index in [-0.39, 0.29) is 11.9 Å². The molecule has 0 spiro atoms. The van der Waals surface area contributed by atoms with E-state index in [1.807, 2.05) is 30.5 Å². The lowest BCUT2D eigenvalue weighted by Crippen LogP contribution is -2.19. The molecular formula is C19H17FN4. The SMILES string of the molecule is Fc1ccc(C2NNc3ccc(NCc4cccnc4)cc32)cc1. The van der Waals surface area contributed by atoms with E-state index in [1.165, 1.54) is 12.1 Å². The van der Waals surface area contributed by atoms with Crippen LogP contribution in [0.2, 0.25) is 0 Å². The Morgan fingerprint density at radius 2 is 1.96 bits per heavy atom. The standard InChI is InChI=1S/C19H17FN4/c20-15-5-3-14(4-6-15)19-17-10-16(7-8-18(17)23-24-19)22-12-13-2-1-9-21-11-13/h1-11,19,22-24H,12H2. The van der Waals surface area contributed by atoms with Crippen molar-refractivity contribution in [3.8, 4) is 0 Å². The molecule has 1 atom stereocenters. The number of anilines is 2. The molecule has 24 heavy (non-hydrogen) atoms. The molecule has 1 aromatic heterocycles. The molecule has 0 aliphatic carbocycles. The van der Waals surface area contributed by atoms with Crippen LogP contribution in [0.1, 0.15) is 22.7 Å². The van der Waals surface area contributed by atoms with Gasteiger partial charge in [0.15, 0.2) is 0 Å². The summed E-state index contributed by atoms with van der Waals surface area (Å²) < 4.78 is 13.1. The van der Waals surface area contributed by atoms with Crippen molar-refractivity contribution in [1.82, 2.24) is 10.4 Å². The third kappa shape index (κ3) is 2.94. The van der Waals surface area contributed by atoms with Crippen molar-refractivity contribution in [1.29, 1.82) is 0 Å². The van der Waals surface area contributed by atoms with Crippen molar-refractivity contribution in [2.45, 2.75) is 12.6 Å². The molecule has 0 fully saturated rings. The molecule has 4 rings (SSSR count). The van der Waals surface area contributed by atoms with Crippen LogP contribution in [0.25, 0.3) is 0 Å². The Hall–Kier alpha value is -2.92. The number of hydrazine groups is 1. The van der Waals surface area contributed by atoms with E-state index in [2.05, 4.69) is 27.2 Å². The van der Waals surface area contributed by atoms with E-state index in [0.29, 0.717) is 6.54 Å². The molecule has 1 aliphatic rings. The molecule has 0 saturated carbocycles. The highest BCUT2D eigenvalue weighted by Gasteiger charge is 2.23. The van der Waals surface area contributed by atoms with Crippen molar-refractivity contribution in [2.24, 2.45) is 0 Å². The van der Waals surface area contributed by atoms with E-state index >= 15 is 0 Å². The molecule has 3 N–H and O–H groups in total. The Kier molecular flexibility index (Phi) is 3.84. The maximum absolute atomic E-state index is 13.1. The smallest absolute Gasteiger partial charge is 0.123 e. The van der Waals surface area contributed by atoms with Crippen LogP contribution < -0.4 is 16.2 Å². The summed E-state index contributed by atoms with van der Waals surface area (Å²) in [6.07, 6.45) is 3.62. The van der Waals surface area contributed by atoms with Crippen molar-refractivity contribution < 1.29 is 4.39 Å². The maximum Gasteiger partial charge on any atom is 0.123 e. The Morgan fingerprint density at radius 3 is 2.75 bits per heavy atom. The zero-order chi connectivity index (χ0) is 16.4. The molecule has 0 amide bonds. The summed E-state index contributed by atoms with van der Waals surface area (Å²) in [5.74, 6) is -0.225. The van der Waals surface area contributed by atoms with E-state index in [9.17, 15) is 4.39 Å². The minimum Gasteiger partial charge on any atom is -0.381 e. The van der Waals surface area contributed by atoms with Gasteiger partial charge in [0.2, 0.25) is 0 Å². The van der Waals surface area contributed by atoms with Crippen LogP contribution in [0.3, 0.4) is 0 Å². The molecule has 5 heteroatoms. The molecule has 0 bridgehead atoms. The lowest BCUT2D eigenvalue weighted by molar-refractivity contribution is 0.625. The first-order valence-corrected chi connectivity index (χ1v) is 7.83. The average molecular weight is 320 g/mol. The Balaban J connectivity index is 1.55. The summed E-state index contributed by atoms with van der Waals surface area (Å²) in [6.45, 7) is 0.717. The molecule has 1 aliphatic heterocycles. The van der Waals surface area contributed by atoms with Crippen LogP contribution in [0.5, 0.6) is 0 Å². The Bertz CT molecular complexity index is 834. The second kappa shape index (κ2) is 6.29. The van der Waals surface area contributed by atoms with Gasteiger partial charge < -0.3 is 10.7 Å². The summed E-state index contributed by atoms with van der Waals surface area (Å²) in [7, 11) is 0. The number of pyridine rings is 1. The monoisotopic (exact) mass is 320 g/mol. The molecule has 2 heterocycles. The van der Waals surface area contributed by atoms with Crippen molar-refractivity contribution in [3.63, 3.8) is 0 Å². The quantitative estimate of drug-likeness (QED) is 0.683. The number of fused-ring (bicyclic) bond motifs is 1. The van der Waals surface area contributed by atoms with E-state index in [0.717, 1.165) is 28.1 Å². The van der Waals surface area contributed by atoms with Gasteiger partial charge in [0.05, 0.1) is 11.7 Å². The number of nitrogens with one attached hydrogen (secondary N) is 3.